The summed E-state index contributed by atoms with van der Waals surface area (Å²) < 4.78 is 26.2. The monoisotopic (exact) mass is 425 g/mol. The molecule has 0 heterocycles. The molecule has 0 saturated carbocycles. The van der Waals surface area contributed by atoms with Crippen LogP contribution in [0.5, 0.6) is 0 Å². The second kappa shape index (κ2) is 6.56. The number of hydrogen-bond acceptors (Lipinski definition) is 3. The molecule has 6 heteroatoms. The van der Waals surface area contributed by atoms with E-state index in [9.17, 15) is 13.7 Å². The minimum Gasteiger partial charge on any atom is -0.218 e. The number of hydrogen-bond donors (Lipinski definition) is 0. The average molecular weight is 427 g/mol. The van der Waals surface area contributed by atoms with Crippen molar-refractivity contribution in [1.29, 1.82) is 5.26 Å². The first kappa shape index (κ1) is 16.0. The van der Waals surface area contributed by atoms with Crippen LogP contribution in [0.3, 0.4) is 0 Å². The highest BCUT2D eigenvalue weighted by atomic mass is 79.9. The maximum atomic E-state index is 12.6. The highest BCUT2D eigenvalue weighted by Gasteiger charge is 2.23. The van der Waals surface area contributed by atoms with Gasteiger partial charge < -0.3 is 0 Å². The minimum atomic E-state index is -3.88. The van der Waals surface area contributed by atoms with Gasteiger partial charge in [-0.15, -0.1) is 0 Å². The molecule has 0 bridgehead atoms. The standard InChI is InChI=1S/C15H9Br2NO2S/c16-12-6-7-14(17)15(9-12)21(19,20)13(10-18)8-11-4-2-1-3-5-11/h1-9H/b13-8-. The highest BCUT2D eigenvalue weighted by Crippen LogP contribution is 2.30. The summed E-state index contributed by atoms with van der Waals surface area (Å²) >= 11 is 6.45. The lowest BCUT2D eigenvalue weighted by molar-refractivity contribution is 0.603. The van der Waals surface area contributed by atoms with Crippen molar-refractivity contribution in [3.63, 3.8) is 0 Å². The van der Waals surface area contributed by atoms with Gasteiger partial charge >= 0.3 is 0 Å². The van der Waals surface area contributed by atoms with Gasteiger partial charge in [0.1, 0.15) is 11.0 Å². The molecule has 0 aliphatic carbocycles. The topological polar surface area (TPSA) is 57.9 Å². The quantitative estimate of drug-likeness (QED) is 0.676. The molecular formula is C15H9Br2NO2S. The molecule has 0 saturated heterocycles. The zero-order chi connectivity index (χ0) is 15.5. The Morgan fingerprint density at radius 2 is 1.76 bits per heavy atom. The van der Waals surface area contributed by atoms with Gasteiger partial charge in [0, 0.05) is 8.95 Å². The van der Waals surface area contributed by atoms with Crippen molar-refractivity contribution in [2.45, 2.75) is 4.90 Å². The van der Waals surface area contributed by atoms with Crippen molar-refractivity contribution in [2.75, 3.05) is 0 Å². The minimum absolute atomic E-state index is 0.0561. The predicted molar refractivity (Wildman–Crippen MR) is 89.1 cm³/mol. The van der Waals surface area contributed by atoms with Crippen molar-refractivity contribution in [3.8, 4) is 6.07 Å². The molecule has 0 amide bonds. The molecule has 0 atom stereocenters. The van der Waals surface area contributed by atoms with Gasteiger partial charge in [-0.05, 0) is 45.8 Å². The van der Waals surface area contributed by atoms with Gasteiger partial charge in [-0.25, -0.2) is 8.42 Å². The smallest absolute Gasteiger partial charge is 0.217 e. The second-order valence-corrected chi connectivity index (χ2v) is 7.77. The first-order valence-corrected chi connectivity index (χ1v) is 8.89. The molecule has 0 unspecified atom stereocenters. The van der Waals surface area contributed by atoms with Gasteiger partial charge in [0.15, 0.2) is 0 Å². The Morgan fingerprint density at radius 1 is 1.10 bits per heavy atom. The molecule has 0 aliphatic rings. The Labute approximate surface area is 140 Å². The van der Waals surface area contributed by atoms with Crippen molar-refractivity contribution in [2.24, 2.45) is 0 Å². The summed E-state index contributed by atoms with van der Waals surface area (Å²) in [5, 5.41) is 9.22. The molecule has 0 spiro atoms. The van der Waals surface area contributed by atoms with E-state index in [-0.39, 0.29) is 9.80 Å². The Kier molecular flexibility index (Phi) is 4.99. The van der Waals surface area contributed by atoms with Gasteiger partial charge in [0.2, 0.25) is 9.84 Å². The van der Waals surface area contributed by atoms with E-state index in [0.717, 1.165) is 0 Å². The van der Waals surface area contributed by atoms with Crippen molar-refractivity contribution >= 4 is 47.8 Å². The molecule has 21 heavy (non-hydrogen) atoms. The first-order valence-electron chi connectivity index (χ1n) is 5.82. The number of halogens is 2. The second-order valence-electron chi connectivity index (χ2n) is 4.11. The van der Waals surface area contributed by atoms with Crippen molar-refractivity contribution < 1.29 is 8.42 Å². The van der Waals surface area contributed by atoms with Crippen LogP contribution in [0, 0.1) is 11.3 Å². The van der Waals surface area contributed by atoms with E-state index in [0.29, 0.717) is 14.5 Å². The van der Waals surface area contributed by atoms with Crippen LogP contribution in [0.1, 0.15) is 5.56 Å². The lowest BCUT2D eigenvalue weighted by Crippen LogP contribution is -2.04. The van der Waals surface area contributed by atoms with E-state index in [4.69, 9.17) is 0 Å². The summed E-state index contributed by atoms with van der Waals surface area (Å²) in [6.07, 6.45) is 1.36. The molecule has 0 fully saturated rings. The number of rotatable bonds is 3. The molecule has 2 aromatic rings. The lowest BCUT2D eigenvalue weighted by Gasteiger charge is -2.06. The van der Waals surface area contributed by atoms with Crippen LogP contribution in [0.2, 0.25) is 0 Å². The summed E-state index contributed by atoms with van der Waals surface area (Å²) in [7, 11) is -3.88. The van der Waals surface area contributed by atoms with E-state index >= 15 is 0 Å². The fourth-order valence-electron chi connectivity index (χ4n) is 1.67. The van der Waals surface area contributed by atoms with E-state index in [1.54, 1.807) is 42.5 Å². The van der Waals surface area contributed by atoms with Gasteiger partial charge in [-0.1, -0.05) is 46.3 Å². The Morgan fingerprint density at radius 3 is 2.38 bits per heavy atom. The Hall–Kier alpha value is -1.42. The molecular weight excluding hydrogens is 418 g/mol. The summed E-state index contributed by atoms with van der Waals surface area (Å²) in [6, 6.07) is 15.4. The summed E-state index contributed by atoms with van der Waals surface area (Å²) in [5.41, 5.74) is 0.656. The number of nitriles is 1. The largest absolute Gasteiger partial charge is 0.218 e. The third-order valence-corrected chi connectivity index (χ3v) is 5.83. The summed E-state index contributed by atoms with van der Waals surface area (Å²) in [6.45, 7) is 0. The van der Waals surface area contributed by atoms with E-state index in [1.165, 1.54) is 12.1 Å². The van der Waals surface area contributed by atoms with Crippen LogP contribution in [0.4, 0.5) is 0 Å². The van der Waals surface area contributed by atoms with Crippen LogP contribution in [-0.2, 0) is 9.84 Å². The summed E-state index contributed by atoms with van der Waals surface area (Å²) in [5.74, 6) is 0. The van der Waals surface area contributed by atoms with E-state index in [2.05, 4.69) is 31.9 Å². The average Bonchev–Trinajstić information content (AvgIpc) is 2.48. The Bertz CT molecular complexity index is 838. The van der Waals surface area contributed by atoms with Crippen molar-refractivity contribution in [3.05, 3.63) is 67.9 Å². The molecule has 3 nitrogen and oxygen atoms in total. The molecule has 0 N–H and O–H groups in total. The van der Waals surface area contributed by atoms with Gasteiger partial charge in [-0.3, -0.25) is 0 Å². The number of allylic oxidation sites excluding steroid dienone is 1. The number of sulfone groups is 1. The van der Waals surface area contributed by atoms with Crippen molar-refractivity contribution in [1.82, 2.24) is 0 Å². The van der Waals surface area contributed by atoms with E-state index < -0.39 is 9.84 Å². The summed E-state index contributed by atoms with van der Waals surface area (Å²) in [4.78, 5) is -0.242. The number of nitrogens with zero attached hydrogens (tertiary/aromatic N) is 1. The van der Waals surface area contributed by atoms with Crippen LogP contribution < -0.4 is 0 Å². The Balaban J connectivity index is 2.59. The molecule has 0 aliphatic heterocycles. The maximum Gasteiger partial charge on any atom is 0.217 e. The lowest BCUT2D eigenvalue weighted by atomic mass is 10.2. The number of benzene rings is 2. The van der Waals surface area contributed by atoms with Gasteiger partial charge in [0.25, 0.3) is 0 Å². The zero-order valence-corrected chi connectivity index (χ0v) is 14.6. The van der Waals surface area contributed by atoms with Crippen LogP contribution in [0.25, 0.3) is 6.08 Å². The SMILES string of the molecule is N#C/C(=C/c1ccccc1)S(=O)(=O)c1cc(Br)ccc1Br. The first-order chi connectivity index (χ1) is 9.95. The van der Waals surface area contributed by atoms with Gasteiger partial charge in [0.05, 0.1) is 4.90 Å². The van der Waals surface area contributed by atoms with Gasteiger partial charge in [-0.2, -0.15) is 5.26 Å². The third-order valence-electron chi connectivity index (χ3n) is 2.68. The van der Waals surface area contributed by atoms with Crippen LogP contribution in [-0.4, -0.2) is 8.42 Å². The molecule has 106 valence electrons. The fraction of sp³-hybridized carbons (Fsp3) is 0. The molecule has 0 aromatic heterocycles. The molecule has 2 rings (SSSR count). The van der Waals surface area contributed by atoms with Crippen LogP contribution >= 0.6 is 31.9 Å². The fourth-order valence-corrected chi connectivity index (χ4v) is 4.33. The molecule has 2 aromatic carbocycles. The maximum absolute atomic E-state index is 12.6. The predicted octanol–water partition coefficient (Wildman–Crippen LogP) is 4.55. The van der Waals surface area contributed by atoms with Crippen LogP contribution in [0.15, 0.2) is 67.3 Å². The highest BCUT2D eigenvalue weighted by molar-refractivity contribution is 9.11. The molecule has 0 radical (unpaired) electrons. The zero-order valence-electron chi connectivity index (χ0n) is 10.6. The normalized spacial score (nSPS) is 12.0. The van der Waals surface area contributed by atoms with E-state index in [1.807, 2.05) is 6.07 Å². The third kappa shape index (κ3) is 3.62.